The molecule has 0 saturated heterocycles. The van der Waals surface area contributed by atoms with Gasteiger partial charge in [0.25, 0.3) is 0 Å². The van der Waals surface area contributed by atoms with E-state index in [9.17, 15) is 9.90 Å². The molecule has 2 aromatic rings. The molecule has 1 aromatic carbocycles. The number of nitrogens with zero attached hydrogens (tertiary/aromatic N) is 3. The summed E-state index contributed by atoms with van der Waals surface area (Å²) >= 11 is 0. The number of carbonyl (C=O) groups excluding carboxylic acids is 1. The van der Waals surface area contributed by atoms with Crippen molar-refractivity contribution in [3.8, 4) is 5.69 Å². The number of benzene rings is 1. The summed E-state index contributed by atoms with van der Waals surface area (Å²) in [6.45, 7) is 0.545. The lowest BCUT2D eigenvalue weighted by Crippen LogP contribution is -2.47. The number of carbonyl (C=O) groups is 1. The average molecular weight is 329 g/mol. The van der Waals surface area contributed by atoms with Gasteiger partial charge in [0, 0.05) is 12.2 Å². The second-order valence-corrected chi connectivity index (χ2v) is 6.27. The minimum absolute atomic E-state index is 0.263. The quantitative estimate of drug-likeness (QED) is 0.779. The van der Waals surface area contributed by atoms with E-state index in [0.717, 1.165) is 37.8 Å². The molecule has 24 heavy (non-hydrogen) atoms. The number of hydrogen-bond acceptors (Lipinski definition) is 4. The van der Waals surface area contributed by atoms with Gasteiger partial charge in [0.1, 0.15) is 6.33 Å². The Morgan fingerprint density at radius 2 is 1.92 bits per heavy atom. The third-order valence-electron chi connectivity index (χ3n) is 4.42. The molecular weight excluding hydrogens is 306 g/mol. The van der Waals surface area contributed by atoms with Crippen molar-refractivity contribution in [1.29, 1.82) is 0 Å². The van der Waals surface area contributed by atoms with Crippen molar-refractivity contribution in [2.75, 3.05) is 6.54 Å². The largest absolute Gasteiger partial charge is 0.388 e. The first-order valence-corrected chi connectivity index (χ1v) is 8.35. The van der Waals surface area contributed by atoms with Gasteiger partial charge < -0.3 is 15.7 Å². The standard InChI is InChI=1S/C17H23N5O2/c23-16(19-12-17(24)9-5-2-6-10-17)18-11-15-21-20-13-22(15)14-7-3-1-4-8-14/h1,3-4,7-8,13,24H,2,5-6,9-12H2,(H2,18,19,23). The summed E-state index contributed by atoms with van der Waals surface area (Å²) in [6, 6.07) is 9.40. The number of hydrogen-bond donors (Lipinski definition) is 3. The van der Waals surface area contributed by atoms with Crippen molar-refractivity contribution < 1.29 is 9.90 Å². The highest BCUT2D eigenvalue weighted by Crippen LogP contribution is 2.27. The third-order valence-corrected chi connectivity index (χ3v) is 4.42. The monoisotopic (exact) mass is 329 g/mol. The Balaban J connectivity index is 1.51. The van der Waals surface area contributed by atoms with Gasteiger partial charge >= 0.3 is 6.03 Å². The summed E-state index contributed by atoms with van der Waals surface area (Å²) in [7, 11) is 0. The lowest BCUT2D eigenvalue weighted by Gasteiger charge is -2.32. The fourth-order valence-corrected chi connectivity index (χ4v) is 3.04. The second-order valence-electron chi connectivity index (χ2n) is 6.27. The van der Waals surface area contributed by atoms with Gasteiger partial charge in [-0.15, -0.1) is 10.2 Å². The highest BCUT2D eigenvalue weighted by atomic mass is 16.3. The second kappa shape index (κ2) is 7.44. The lowest BCUT2D eigenvalue weighted by atomic mass is 9.85. The molecule has 0 aliphatic heterocycles. The number of para-hydroxylation sites is 1. The fraction of sp³-hybridized carbons (Fsp3) is 0.471. The molecule has 1 aromatic heterocycles. The Hall–Kier alpha value is -2.41. The predicted octanol–water partition coefficient (Wildman–Crippen LogP) is 1.76. The molecule has 1 saturated carbocycles. The summed E-state index contributed by atoms with van der Waals surface area (Å²) in [5.41, 5.74) is 0.177. The first-order chi connectivity index (χ1) is 11.7. The maximum Gasteiger partial charge on any atom is 0.315 e. The van der Waals surface area contributed by atoms with Crippen LogP contribution in [0.15, 0.2) is 36.7 Å². The molecule has 1 aliphatic carbocycles. The van der Waals surface area contributed by atoms with Crippen molar-refractivity contribution in [3.05, 3.63) is 42.5 Å². The van der Waals surface area contributed by atoms with Crippen LogP contribution in [0, 0.1) is 0 Å². The van der Waals surface area contributed by atoms with E-state index in [1.807, 2.05) is 34.9 Å². The average Bonchev–Trinajstić information content (AvgIpc) is 3.08. The zero-order valence-corrected chi connectivity index (χ0v) is 13.6. The van der Waals surface area contributed by atoms with Gasteiger partial charge in [0.05, 0.1) is 12.1 Å². The van der Waals surface area contributed by atoms with Crippen LogP contribution >= 0.6 is 0 Å². The van der Waals surface area contributed by atoms with Crippen LogP contribution in [0.4, 0.5) is 4.79 Å². The molecule has 128 valence electrons. The Morgan fingerprint density at radius 3 is 2.67 bits per heavy atom. The summed E-state index contributed by atoms with van der Waals surface area (Å²) < 4.78 is 1.83. The van der Waals surface area contributed by atoms with Crippen LogP contribution in [0.5, 0.6) is 0 Å². The number of aromatic nitrogens is 3. The lowest BCUT2D eigenvalue weighted by molar-refractivity contribution is 0.00719. The van der Waals surface area contributed by atoms with Gasteiger partial charge in [-0.3, -0.25) is 4.57 Å². The van der Waals surface area contributed by atoms with Crippen LogP contribution in [-0.2, 0) is 6.54 Å². The van der Waals surface area contributed by atoms with Crippen LogP contribution in [0.3, 0.4) is 0 Å². The van der Waals surface area contributed by atoms with E-state index in [0.29, 0.717) is 5.82 Å². The Labute approximate surface area is 141 Å². The maximum atomic E-state index is 12.0. The molecule has 7 nitrogen and oxygen atoms in total. The van der Waals surface area contributed by atoms with Gasteiger partial charge in [0.2, 0.25) is 0 Å². The fourth-order valence-electron chi connectivity index (χ4n) is 3.04. The molecule has 0 unspecified atom stereocenters. The molecule has 0 spiro atoms. The molecule has 1 aliphatic rings. The van der Waals surface area contributed by atoms with Crippen LogP contribution in [0.25, 0.3) is 5.69 Å². The molecule has 7 heteroatoms. The highest BCUT2D eigenvalue weighted by molar-refractivity contribution is 5.73. The molecule has 2 amide bonds. The van der Waals surface area contributed by atoms with Crippen molar-refractivity contribution in [2.45, 2.75) is 44.2 Å². The minimum Gasteiger partial charge on any atom is -0.388 e. The molecule has 0 atom stereocenters. The normalized spacial score (nSPS) is 16.5. The van der Waals surface area contributed by atoms with E-state index < -0.39 is 5.60 Å². The van der Waals surface area contributed by atoms with Crippen LogP contribution in [-0.4, -0.2) is 38.0 Å². The molecule has 3 rings (SSSR count). The first kappa shape index (κ1) is 16.4. The van der Waals surface area contributed by atoms with Crippen molar-refractivity contribution in [1.82, 2.24) is 25.4 Å². The van der Waals surface area contributed by atoms with Gasteiger partial charge in [-0.05, 0) is 25.0 Å². The van der Waals surface area contributed by atoms with Gasteiger partial charge in [-0.1, -0.05) is 37.5 Å². The first-order valence-electron chi connectivity index (χ1n) is 8.35. The number of nitrogens with one attached hydrogen (secondary N) is 2. The number of rotatable bonds is 5. The van der Waals surface area contributed by atoms with E-state index in [-0.39, 0.29) is 19.1 Å². The van der Waals surface area contributed by atoms with Crippen molar-refractivity contribution in [2.24, 2.45) is 0 Å². The number of aliphatic hydroxyl groups is 1. The third kappa shape index (κ3) is 4.11. The summed E-state index contributed by atoms with van der Waals surface area (Å²) in [5.74, 6) is 0.646. The smallest absolute Gasteiger partial charge is 0.315 e. The van der Waals surface area contributed by atoms with Gasteiger partial charge in [-0.25, -0.2) is 4.79 Å². The van der Waals surface area contributed by atoms with Gasteiger partial charge in [-0.2, -0.15) is 0 Å². The molecule has 1 fully saturated rings. The molecular formula is C17H23N5O2. The van der Waals surface area contributed by atoms with E-state index in [4.69, 9.17) is 0 Å². The molecule has 0 radical (unpaired) electrons. The highest BCUT2D eigenvalue weighted by Gasteiger charge is 2.29. The Morgan fingerprint density at radius 1 is 1.17 bits per heavy atom. The van der Waals surface area contributed by atoms with Crippen LogP contribution in [0.2, 0.25) is 0 Å². The van der Waals surface area contributed by atoms with E-state index >= 15 is 0 Å². The predicted molar refractivity (Wildman–Crippen MR) is 89.6 cm³/mol. The van der Waals surface area contributed by atoms with E-state index in [2.05, 4.69) is 20.8 Å². The molecule has 1 heterocycles. The zero-order chi connectivity index (χ0) is 16.8. The summed E-state index contributed by atoms with van der Waals surface area (Å²) in [4.78, 5) is 12.0. The molecule has 3 N–H and O–H groups in total. The summed E-state index contributed by atoms with van der Waals surface area (Å²) in [5, 5.41) is 23.9. The topological polar surface area (TPSA) is 92.1 Å². The van der Waals surface area contributed by atoms with Crippen molar-refractivity contribution >= 4 is 6.03 Å². The zero-order valence-electron chi connectivity index (χ0n) is 13.6. The molecule has 0 bridgehead atoms. The van der Waals surface area contributed by atoms with Gasteiger partial charge in [0.15, 0.2) is 5.82 Å². The Kier molecular flexibility index (Phi) is 5.10. The SMILES string of the molecule is O=C(NCc1nncn1-c1ccccc1)NCC1(O)CCCCC1. The summed E-state index contributed by atoms with van der Waals surface area (Å²) in [6.07, 6.45) is 6.30. The maximum absolute atomic E-state index is 12.0. The van der Waals surface area contributed by atoms with Crippen molar-refractivity contribution in [3.63, 3.8) is 0 Å². The van der Waals surface area contributed by atoms with Crippen LogP contribution < -0.4 is 10.6 Å². The van der Waals surface area contributed by atoms with E-state index in [1.165, 1.54) is 0 Å². The van der Waals surface area contributed by atoms with E-state index in [1.54, 1.807) is 6.33 Å². The minimum atomic E-state index is -0.764. The van der Waals surface area contributed by atoms with Crippen LogP contribution in [0.1, 0.15) is 37.9 Å². The number of amides is 2. The number of urea groups is 1. The Bertz CT molecular complexity index is 665.